The van der Waals surface area contributed by atoms with Crippen molar-refractivity contribution in [2.45, 2.75) is 26.8 Å². The summed E-state index contributed by atoms with van der Waals surface area (Å²) in [7, 11) is 0. The highest BCUT2D eigenvalue weighted by atomic mass is 16.1. The van der Waals surface area contributed by atoms with E-state index < -0.39 is 0 Å². The van der Waals surface area contributed by atoms with Gasteiger partial charge in [0.1, 0.15) is 11.4 Å². The first-order valence-corrected chi connectivity index (χ1v) is 9.32. The Bertz CT molecular complexity index is 1020. The Morgan fingerprint density at radius 1 is 1.11 bits per heavy atom. The van der Waals surface area contributed by atoms with E-state index in [9.17, 15) is 9.59 Å². The fraction of sp³-hybridized carbons (Fsp3) is 0.227. The summed E-state index contributed by atoms with van der Waals surface area (Å²) in [5.41, 5.74) is 8.95. The van der Waals surface area contributed by atoms with Crippen molar-refractivity contribution in [1.82, 2.24) is 9.78 Å². The van der Waals surface area contributed by atoms with Gasteiger partial charge in [-0.2, -0.15) is 5.10 Å². The molecule has 0 atom stereocenters. The first-order valence-electron chi connectivity index (χ1n) is 9.32. The van der Waals surface area contributed by atoms with Crippen LogP contribution in [0.3, 0.4) is 0 Å². The average molecular weight is 376 g/mol. The number of anilines is 2. The van der Waals surface area contributed by atoms with Crippen molar-refractivity contribution in [3.05, 3.63) is 76.1 Å². The molecule has 0 aliphatic carbocycles. The summed E-state index contributed by atoms with van der Waals surface area (Å²) >= 11 is 0. The molecule has 0 unspecified atom stereocenters. The van der Waals surface area contributed by atoms with E-state index in [4.69, 9.17) is 5.73 Å². The van der Waals surface area contributed by atoms with Crippen LogP contribution in [0.15, 0.2) is 59.4 Å². The van der Waals surface area contributed by atoms with E-state index in [1.807, 2.05) is 61.5 Å². The molecule has 1 aromatic heterocycles. The van der Waals surface area contributed by atoms with Crippen molar-refractivity contribution in [3.63, 3.8) is 0 Å². The number of carbonyl (C=O) groups is 1. The van der Waals surface area contributed by atoms with Crippen molar-refractivity contribution in [3.8, 4) is 11.3 Å². The van der Waals surface area contributed by atoms with Gasteiger partial charge in [-0.3, -0.25) is 9.59 Å². The van der Waals surface area contributed by atoms with Crippen LogP contribution in [0.4, 0.5) is 11.4 Å². The van der Waals surface area contributed by atoms with Crippen LogP contribution < -0.4 is 16.6 Å². The minimum absolute atomic E-state index is 0.214. The Hall–Kier alpha value is -3.25. The maximum absolute atomic E-state index is 13.0. The molecular weight excluding hydrogens is 352 g/mol. The third kappa shape index (κ3) is 4.02. The number of aryl methyl sites for hydroxylation is 1. The maximum atomic E-state index is 13.0. The second-order valence-electron chi connectivity index (χ2n) is 6.50. The summed E-state index contributed by atoms with van der Waals surface area (Å²) in [4.78, 5) is 25.5. The lowest BCUT2D eigenvalue weighted by molar-refractivity contribution is 0.101. The second-order valence-corrected chi connectivity index (χ2v) is 6.50. The Balaban J connectivity index is 2.15. The molecule has 3 N–H and O–H groups in total. The molecule has 0 radical (unpaired) electrons. The van der Waals surface area contributed by atoms with Crippen LogP contribution in [0.2, 0.25) is 0 Å². The highest BCUT2D eigenvalue weighted by Gasteiger charge is 2.21. The van der Waals surface area contributed by atoms with Gasteiger partial charge in [0.2, 0.25) is 0 Å². The van der Waals surface area contributed by atoms with E-state index >= 15 is 0 Å². The summed E-state index contributed by atoms with van der Waals surface area (Å²) in [6.07, 6.45) is 0.787. The first kappa shape index (κ1) is 19.5. The van der Waals surface area contributed by atoms with Crippen LogP contribution in [0.25, 0.3) is 11.3 Å². The number of ketones is 1. The van der Waals surface area contributed by atoms with Crippen molar-refractivity contribution >= 4 is 17.2 Å². The van der Waals surface area contributed by atoms with E-state index in [2.05, 4.69) is 10.4 Å². The number of hydrogen-bond acceptors (Lipinski definition) is 5. The molecule has 0 saturated carbocycles. The fourth-order valence-corrected chi connectivity index (χ4v) is 3.11. The van der Waals surface area contributed by atoms with E-state index in [0.29, 0.717) is 24.3 Å². The van der Waals surface area contributed by atoms with Crippen LogP contribution in [0, 0.1) is 0 Å². The lowest BCUT2D eigenvalue weighted by Gasteiger charge is -2.16. The van der Waals surface area contributed by atoms with Crippen molar-refractivity contribution in [2.75, 3.05) is 11.9 Å². The zero-order valence-electron chi connectivity index (χ0n) is 16.1. The quantitative estimate of drug-likeness (QED) is 0.617. The van der Waals surface area contributed by atoms with Gasteiger partial charge in [-0.1, -0.05) is 42.5 Å². The molecule has 0 aliphatic heterocycles. The number of nitrogens with one attached hydrogen (secondary N) is 1. The van der Waals surface area contributed by atoms with E-state index in [0.717, 1.165) is 23.2 Å². The topological polar surface area (TPSA) is 90.0 Å². The summed E-state index contributed by atoms with van der Waals surface area (Å²) in [5, 5.41) is 7.60. The van der Waals surface area contributed by atoms with Crippen molar-refractivity contribution in [2.24, 2.45) is 5.73 Å². The Morgan fingerprint density at radius 2 is 1.79 bits per heavy atom. The minimum Gasteiger partial charge on any atom is -0.350 e. The molecule has 28 heavy (non-hydrogen) atoms. The second kappa shape index (κ2) is 8.63. The van der Waals surface area contributed by atoms with Gasteiger partial charge in [0.05, 0.1) is 5.56 Å². The van der Waals surface area contributed by atoms with Crippen LogP contribution >= 0.6 is 0 Å². The van der Waals surface area contributed by atoms with E-state index in [1.165, 1.54) is 11.6 Å². The molecule has 0 saturated heterocycles. The predicted octanol–water partition coefficient (Wildman–Crippen LogP) is 3.38. The zero-order chi connectivity index (χ0) is 20.1. The van der Waals surface area contributed by atoms with Gasteiger partial charge in [0.15, 0.2) is 5.78 Å². The minimum atomic E-state index is -0.321. The Morgan fingerprint density at radius 3 is 2.36 bits per heavy atom. The van der Waals surface area contributed by atoms with Gasteiger partial charge in [0, 0.05) is 17.8 Å². The zero-order valence-corrected chi connectivity index (χ0v) is 16.1. The van der Waals surface area contributed by atoms with Gasteiger partial charge in [0.25, 0.3) is 5.56 Å². The number of rotatable bonds is 7. The summed E-state index contributed by atoms with van der Waals surface area (Å²) in [5.74, 6) is -0.214. The van der Waals surface area contributed by atoms with Gasteiger partial charge < -0.3 is 11.1 Å². The number of hydrogen-bond donors (Lipinski definition) is 2. The fourth-order valence-electron chi connectivity index (χ4n) is 3.11. The lowest BCUT2D eigenvalue weighted by atomic mass is 10.0. The SMILES string of the molecule is CCn1nc(-c2ccccc2)c(C(C)=O)c(Nc2ccc(CCN)cc2)c1=O. The van der Waals surface area contributed by atoms with Gasteiger partial charge in [-0.05, 0) is 44.5 Å². The predicted molar refractivity (Wildman–Crippen MR) is 112 cm³/mol. The van der Waals surface area contributed by atoms with E-state index in [-0.39, 0.29) is 17.0 Å². The number of benzene rings is 2. The highest BCUT2D eigenvalue weighted by molar-refractivity contribution is 6.05. The summed E-state index contributed by atoms with van der Waals surface area (Å²) < 4.78 is 1.37. The molecule has 6 nitrogen and oxygen atoms in total. The number of nitrogens with zero attached hydrogens (tertiary/aromatic N) is 2. The molecule has 3 aromatic rings. The Labute approximate surface area is 164 Å². The Kier molecular flexibility index (Phi) is 6.01. The number of nitrogens with two attached hydrogens (primary N) is 1. The monoisotopic (exact) mass is 376 g/mol. The third-order valence-electron chi connectivity index (χ3n) is 4.51. The molecule has 3 rings (SSSR count). The number of Topliss-reactive ketones (excluding diaryl/α,β-unsaturated/α-hetero) is 1. The number of carbonyl (C=O) groups excluding carboxylic acids is 1. The molecule has 1 heterocycles. The summed E-state index contributed by atoms with van der Waals surface area (Å²) in [6.45, 7) is 4.28. The van der Waals surface area contributed by atoms with Crippen LogP contribution in [0.1, 0.15) is 29.8 Å². The molecule has 0 fully saturated rings. The smallest absolute Gasteiger partial charge is 0.291 e. The van der Waals surface area contributed by atoms with Crippen LogP contribution in [0.5, 0.6) is 0 Å². The molecule has 0 amide bonds. The van der Waals surface area contributed by atoms with Crippen LogP contribution in [-0.4, -0.2) is 22.1 Å². The van der Waals surface area contributed by atoms with E-state index in [1.54, 1.807) is 0 Å². The maximum Gasteiger partial charge on any atom is 0.291 e. The average Bonchev–Trinajstić information content (AvgIpc) is 2.71. The standard InChI is InChI=1S/C22H24N4O2/c1-3-26-22(28)21(24-18-11-9-16(10-12-18)13-14-23)19(15(2)27)20(25-26)17-7-5-4-6-8-17/h4-12,24H,3,13-14,23H2,1-2H3. The molecule has 0 aliphatic rings. The van der Waals surface area contributed by atoms with Crippen molar-refractivity contribution in [1.29, 1.82) is 0 Å². The number of aromatic nitrogens is 2. The largest absolute Gasteiger partial charge is 0.350 e. The molecule has 144 valence electrons. The third-order valence-corrected chi connectivity index (χ3v) is 4.51. The highest BCUT2D eigenvalue weighted by Crippen LogP contribution is 2.27. The van der Waals surface area contributed by atoms with Crippen LogP contribution in [-0.2, 0) is 13.0 Å². The normalized spacial score (nSPS) is 10.7. The first-order chi connectivity index (χ1) is 13.5. The summed E-state index contributed by atoms with van der Waals surface area (Å²) in [6, 6.07) is 17.1. The van der Waals surface area contributed by atoms with Gasteiger partial charge >= 0.3 is 0 Å². The molecule has 6 heteroatoms. The molecule has 2 aromatic carbocycles. The van der Waals surface area contributed by atoms with Crippen molar-refractivity contribution < 1.29 is 4.79 Å². The van der Waals surface area contributed by atoms with Gasteiger partial charge in [-0.15, -0.1) is 0 Å². The molecule has 0 bridgehead atoms. The lowest BCUT2D eigenvalue weighted by Crippen LogP contribution is -2.28. The molecule has 0 spiro atoms. The van der Waals surface area contributed by atoms with Gasteiger partial charge in [-0.25, -0.2) is 4.68 Å². The molecular formula is C22H24N4O2.